The summed E-state index contributed by atoms with van der Waals surface area (Å²) in [5.74, 6) is -1.72. The predicted molar refractivity (Wildman–Crippen MR) is 31.6 cm³/mol. The zero-order valence-electron chi connectivity index (χ0n) is 4.75. The van der Waals surface area contributed by atoms with Crippen LogP contribution in [0.4, 0.5) is 0 Å². The smallest absolute Gasteiger partial charge is 0.364 e. The van der Waals surface area contributed by atoms with E-state index in [1.807, 2.05) is 0 Å². The first-order valence-electron chi connectivity index (χ1n) is 2.37. The summed E-state index contributed by atoms with van der Waals surface area (Å²) in [4.78, 5) is 17.1. The van der Waals surface area contributed by atoms with E-state index < -0.39 is 27.2 Å². The quantitative estimate of drug-likeness (QED) is 0.451. The molecule has 60 valence electrons. The van der Waals surface area contributed by atoms with Gasteiger partial charge in [0, 0.05) is 0 Å². The lowest BCUT2D eigenvalue weighted by Crippen LogP contribution is -2.03. The highest BCUT2D eigenvalue weighted by Gasteiger charge is 2.49. The summed E-state index contributed by atoms with van der Waals surface area (Å²) in [5, 5.41) is 8.62. The minimum absolute atomic E-state index is 0.666. The Morgan fingerprint density at radius 1 is 1.40 bits per heavy atom. The van der Waals surface area contributed by atoms with Crippen LogP contribution in [0, 0.1) is 0 Å². The minimum atomic E-state index is -4.21. The molecule has 1 heterocycles. The van der Waals surface area contributed by atoms with Crippen LogP contribution in [-0.4, -0.2) is 26.9 Å². The Labute approximate surface area is 56.5 Å². The summed E-state index contributed by atoms with van der Waals surface area (Å²) >= 11 is 0. The largest absolute Gasteiger partial charge is 0.380 e. The van der Waals surface area contributed by atoms with E-state index in [4.69, 9.17) is 14.9 Å². The highest BCUT2D eigenvalue weighted by molar-refractivity contribution is 7.70. The van der Waals surface area contributed by atoms with Crippen molar-refractivity contribution in [2.24, 2.45) is 0 Å². The number of rotatable bonds is 0. The predicted octanol–water partition coefficient (Wildman–Crippen LogP) is -0.294. The van der Waals surface area contributed by atoms with Gasteiger partial charge in [0.05, 0.1) is 6.16 Å². The fourth-order valence-electron chi connectivity index (χ4n) is 0.580. The average Bonchev–Trinajstić information content (AvgIpc) is 1.73. The van der Waals surface area contributed by atoms with Gasteiger partial charge in [0.2, 0.25) is 0 Å². The van der Waals surface area contributed by atoms with Gasteiger partial charge in [0.25, 0.3) is 0 Å². The van der Waals surface area contributed by atoms with Crippen LogP contribution in [0.1, 0.15) is 0 Å². The van der Waals surface area contributed by atoms with Crippen molar-refractivity contribution < 1.29 is 28.3 Å². The number of hydrogen-bond acceptors (Lipinski definition) is 4. The molecule has 0 aromatic carbocycles. The Kier molecular flexibility index (Phi) is 1.80. The lowest BCUT2D eigenvalue weighted by Gasteiger charge is -2.02. The third-order valence-electron chi connectivity index (χ3n) is 1.02. The molecular formula is C2H6O6P2. The fraction of sp³-hybridized carbons (Fsp3) is 1.00. The first-order valence-corrected chi connectivity index (χ1v) is 5.78. The van der Waals surface area contributed by atoms with Crippen molar-refractivity contribution in [1.29, 1.82) is 0 Å². The van der Waals surface area contributed by atoms with Crippen LogP contribution in [0.15, 0.2) is 0 Å². The Hall–Kier alpha value is 0.300. The maximum atomic E-state index is 10.5. The highest BCUT2D eigenvalue weighted by Crippen LogP contribution is 2.69. The van der Waals surface area contributed by atoms with E-state index in [0.29, 0.717) is 0 Å². The number of aliphatic hydroxyl groups is 1. The van der Waals surface area contributed by atoms with Crippen molar-refractivity contribution in [3.63, 3.8) is 0 Å². The molecule has 0 amide bonds. The van der Waals surface area contributed by atoms with E-state index >= 15 is 0 Å². The minimum Gasteiger partial charge on any atom is -0.380 e. The second kappa shape index (κ2) is 2.14. The molecule has 0 aromatic heterocycles. The van der Waals surface area contributed by atoms with E-state index in [9.17, 15) is 9.13 Å². The molecule has 0 saturated carbocycles. The zero-order valence-corrected chi connectivity index (χ0v) is 6.53. The van der Waals surface area contributed by atoms with Crippen LogP contribution in [0.3, 0.4) is 0 Å². The Morgan fingerprint density at radius 3 is 2.00 bits per heavy atom. The van der Waals surface area contributed by atoms with Crippen molar-refractivity contribution in [1.82, 2.24) is 0 Å². The van der Waals surface area contributed by atoms with Crippen molar-refractivity contribution in [2.75, 3.05) is 6.16 Å². The molecule has 1 rings (SSSR count). The van der Waals surface area contributed by atoms with Gasteiger partial charge in [-0.3, -0.25) is 9.13 Å². The molecule has 1 aliphatic rings. The van der Waals surface area contributed by atoms with E-state index in [1.54, 1.807) is 0 Å². The van der Waals surface area contributed by atoms with Gasteiger partial charge in [-0.2, -0.15) is 0 Å². The van der Waals surface area contributed by atoms with E-state index in [0.717, 1.165) is 0 Å². The fourth-order valence-corrected chi connectivity index (χ4v) is 4.60. The lowest BCUT2D eigenvalue weighted by molar-refractivity contribution is 0.241. The molecule has 3 atom stereocenters. The Morgan fingerprint density at radius 2 is 1.90 bits per heavy atom. The summed E-state index contributed by atoms with van der Waals surface area (Å²) in [6.07, 6.45) is -0.666. The van der Waals surface area contributed by atoms with Gasteiger partial charge >= 0.3 is 15.2 Å². The van der Waals surface area contributed by atoms with Gasteiger partial charge in [0.15, 0.2) is 5.85 Å². The second-order valence-electron chi connectivity index (χ2n) is 1.95. The standard InChI is InChI=1S/C2H6O6P2/c3-2-1-9(4,5)8-10(2,6)7/h2-3H,1H2,(H,4,5)(H,6,7). The summed E-state index contributed by atoms with van der Waals surface area (Å²) in [7, 11) is -8.20. The molecule has 0 aliphatic carbocycles. The van der Waals surface area contributed by atoms with Gasteiger partial charge in [-0.1, -0.05) is 0 Å². The van der Waals surface area contributed by atoms with Crippen LogP contribution >= 0.6 is 15.2 Å². The SMILES string of the molecule is O=P1(O)CC(O)P(=O)(O)O1. The average molecular weight is 188 g/mol. The van der Waals surface area contributed by atoms with Crippen LogP contribution in [-0.2, 0) is 13.4 Å². The first kappa shape index (κ1) is 8.40. The zero-order chi connectivity index (χ0) is 7.99. The van der Waals surface area contributed by atoms with Crippen LogP contribution in [0.2, 0.25) is 0 Å². The maximum Gasteiger partial charge on any atom is 0.364 e. The van der Waals surface area contributed by atoms with E-state index in [1.165, 1.54) is 0 Å². The van der Waals surface area contributed by atoms with Crippen LogP contribution in [0.25, 0.3) is 0 Å². The van der Waals surface area contributed by atoms with E-state index in [2.05, 4.69) is 4.31 Å². The normalized spacial score (nSPS) is 55.3. The molecule has 1 aliphatic heterocycles. The molecule has 10 heavy (non-hydrogen) atoms. The monoisotopic (exact) mass is 188 g/mol. The van der Waals surface area contributed by atoms with Gasteiger partial charge < -0.3 is 14.9 Å². The molecule has 3 unspecified atom stereocenters. The molecule has 0 spiro atoms. The first-order chi connectivity index (χ1) is 4.33. The highest BCUT2D eigenvalue weighted by atomic mass is 31.3. The maximum absolute atomic E-state index is 10.5. The molecule has 8 heteroatoms. The second-order valence-corrected chi connectivity index (χ2v) is 5.96. The van der Waals surface area contributed by atoms with Gasteiger partial charge in [-0.15, -0.1) is 0 Å². The Balaban J connectivity index is 2.92. The third kappa shape index (κ3) is 1.48. The molecule has 0 radical (unpaired) electrons. The van der Waals surface area contributed by atoms with Crippen molar-refractivity contribution in [2.45, 2.75) is 5.85 Å². The molecule has 3 N–H and O–H groups in total. The van der Waals surface area contributed by atoms with Gasteiger partial charge in [-0.05, 0) is 0 Å². The molecule has 1 fully saturated rings. The lowest BCUT2D eigenvalue weighted by atomic mass is 10.9. The summed E-state index contributed by atoms with van der Waals surface area (Å²) in [6.45, 7) is 0. The third-order valence-corrected chi connectivity index (χ3v) is 5.00. The molecule has 1 saturated heterocycles. The molecule has 6 nitrogen and oxygen atoms in total. The van der Waals surface area contributed by atoms with Crippen molar-refractivity contribution in [3.8, 4) is 0 Å². The number of aliphatic hydroxyl groups excluding tert-OH is 1. The van der Waals surface area contributed by atoms with E-state index in [-0.39, 0.29) is 0 Å². The van der Waals surface area contributed by atoms with Crippen LogP contribution in [0.5, 0.6) is 0 Å². The molecule has 0 aromatic rings. The summed E-state index contributed by atoms with van der Waals surface area (Å²) in [6, 6.07) is 0. The van der Waals surface area contributed by atoms with Crippen molar-refractivity contribution >= 4 is 15.2 Å². The summed E-state index contributed by atoms with van der Waals surface area (Å²) < 4.78 is 24.8. The van der Waals surface area contributed by atoms with Crippen molar-refractivity contribution in [3.05, 3.63) is 0 Å². The van der Waals surface area contributed by atoms with Gasteiger partial charge in [-0.25, -0.2) is 4.31 Å². The molecular weight excluding hydrogens is 182 g/mol. The topological polar surface area (TPSA) is 104 Å². The van der Waals surface area contributed by atoms with Crippen LogP contribution < -0.4 is 0 Å². The number of hydrogen-bond donors (Lipinski definition) is 3. The van der Waals surface area contributed by atoms with Gasteiger partial charge in [0.1, 0.15) is 0 Å². The molecule has 0 bridgehead atoms. The summed E-state index contributed by atoms with van der Waals surface area (Å²) in [5.41, 5.74) is 0. The Bertz CT molecular complexity index is 234.